The van der Waals surface area contributed by atoms with Gasteiger partial charge in [-0.05, 0) is 30.4 Å². The molecule has 2 aliphatic rings. The minimum Gasteiger partial charge on any atom is -0.371 e. The van der Waals surface area contributed by atoms with E-state index in [4.69, 9.17) is 27.0 Å². The Balaban J connectivity index is 1.15. The van der Waals surface area contributed by atoms with Crippen molar-refractivity contribution in [3.05, 3.63) is 77.6 Å². The Morgan fingerprint density at radius 2 is 1.97 bits per heavy atom. The number of hydrogen-bond donors (Lipinski definition) is 3. The van der Waals surface area contributed by atoms with Crippen molar-refractivity contribution in [2.24, 2.45) is 0 Å². The average Bonchev–Trinajstić information content (AvgIpc) is 3.58. The molecule has 0 amide bonds. The Hall–Kier alpha value is -3.36. The first-order chi connectivity index (χ1) is 17.1. The molecule has 1 aromatic heterocycles. The minimum atomic E-state index is -0.135. The molecule has 180 valence electrons. The molecule has 2 aromatic carbocycles. The lowest BCUT2D eigenvalue weighted by Gasteiger charge is -2.20. The van der Waals surface area contributed by atoms with Crippen LogP contribution in [0.1, 0.15) is 22.9 Å². The summed E-state index contributed by atoms with van der Waals surface area (Å²) < 4.78 is 14.1. The average molecular weight is 491 g/mol. The van der Waals surface area contributed by atoms with Gasteiger partial charge in [-0.15, -0.1) is 5.10 Å². The summed E-state index contributed by atoms with van der Waals surface area (Å²) in [6.07, 6.45) is 1.74. The topological polar surface area (TPSA) is 101 Å². The van der Waals surface area contributed by atoms with Gasteiger partial charge in [0.05, 0.1) is 44.1 Å². The zero-order valence-corrected chi connectivity index (χ0v) is 20.2. The largest absolute Gasteiger partial charge is 0.371 e. The summed E-state index contributed by atoms with van der Waals surface area (Å²) in [5.41, 5.74) is 3.58. The summed E-state index contributed by atoms with van der Waals surface area (Å²) in [6.45, 7) is 2.70. The van der Waals surface area contributed by atoms with Crippen molar-refractivity contribution < 1.29 is 14.4 Å². The van der Waals surface area contributed by atoms with Crippen molar-refractivity contribution >= 4 is 23.0 Å². The van der Waals surface area contributed by atoms with Gasteiger partial charge >= 0.3 is 0 Å². The summed E-state index contributed by atoms with van der Waals surface area (Å²) in [5, 5.41) is 24.8. The number of thiocarbonyl (C=S) groups is 1. The van der Waals surface area contributed by atoms with E-state index in [0.29, 0.717) is 23.9 Å². The summed E-state index contributed by atoms with van der Waals surface area (Å²) in [4.78, 5) is 1.34. The Bertz CT molecular complexity index is 1210. The Kier molecular flexibility index (Phi) is 7.01. The van der Waals surface area contributed by atoms with E-state index in [2.05, 4.69) is 58.3 Å². The number of hydrogen-bond acceptors (Lipinski definition) is 6. The van der Waals surface area contributed by atoms with Gasteiger partial charge in [-0.3, -0.25) is 0 Å². The van der Waals surface area contributed by atoms with Gasteiger partial charge in [0.15, 0.2) is 5.11 Å². The standard InChI is InChI=1S/C25H27N7O2S/c1-31(12-17-6-3-2-4-7-17)13-20-14-32(30-29-20)22-16-34-23-21(15-33-24(22)23)28-25(35)27-19-9-5-8-18(10-19)11-26/h2-10,14,21-24H,12-13,15-16H2,1H3,(H2,27,28,35)/p+1/t21-,22-,23+,24+/m0/s1. The number of nitrogens with one attached hydrogen (secondary N) is 3. The first-order valence-electron chi connectivity index (χ1n) is 11.7. The Labute approximate surface area is 209 Å². The lowest BCUT2D eigenvalue weighted by Crippen LogP contribution is -3.06. The number of fused-ring (bicyclic) bond motifs is 1. The van der Waals surface area contributed by atoms with Crippen LogP contribution >= 0.6 is 12.2 Å². The summed E-state index contributed by atoms with van der Waals surface area (Å²) in [5.74, 6) is 0. The lowest BCUT2D eigenvalue weighted by molar-refractivity contribution is -0.908. The second-order valence-electron chi connectivity index (χ2n) is 9.05. The van der Waals surface area contributed by atoms with Crippen LogP contribution in [0.4, 0.5) is 5.69 Å². The number of rotatable bonds is 7. The molecule has 0 saturated carbocycles. The third-order valence-electron chi connectivity index (χ3n) is 6.32. The molecule has 3 N–H and O–H groups in total. The van der Waals surface area contributed by atoms with Gasteiger partial charge in [-0.25, -0.2) is 4.68 Å². The molecule has 2 saturated heterocycles. The predicted octanol–water partition coefficient (Wildman–Crippen LogP) is 1.06. The molecule has 0 spiro atoms. The highest BCUT2D eigenvalue weighted by molar-refractivity contribution is 7.80. The quantitative estimate of drug-likeness (QED) is 0.423. The number of nitriles is 1. The molecule has 5 rings (SSSR count). The van der Waals surface area contributed by atoms with Gasteiger partial charge < -0.3 is 25.0 Å². The van der Waals surface area contributed by atoms with Crippen LogP contribution in [0.15, 0.2) is 60.8 Å². The van der Waals surface area contributed by atoms with Crippen LogP contribution in [0.25, 0.3) is 0 Å². The molecule has 0 aliphatic carbocycles. The highest BCUT2D eigenvalue weighted by Gasteiger charge is 2.49. The maximum atomic E-state index is 9.08. The normalized spacial score (nSPS) is 23.9. The van der Waals surface area contributed by atoms with Crippen LogP contribution in [0.5, 0.6) is 0 Å². The molecule has 1 unspecified atom stereocenters. The molecule has 35 heavy (non-hydrogen) atoms. The molecule has 0 bridgehead atoms. The molecule has 9 nitrogen and oxygen atoms in total. The van der Waals surface area contributed by atoms with Crippen molar-refractivity contribution in [3.8, 4) is 6.07 Å². The molecule has 0 radical (unpaired) electrons. The van der Waals surface area contributed by atoms with Gasteiger partial charge in [0, 0.05) is 11.3 Å². The fraction of sp³-hybridized carbons (Fsp3) is 0.360. The van der Waals surface area contributed by atoms with E-state index < -0.39 is 0 Å². The molecular weight excluding hydrogens is 462 g/mol. The monoisotopic (exact) mass is 490 g/mol. The van der Waals surface area contributed by atoms with E-state index in [9.17, 15) is 0 Å². The number of ether oxygens (including phenoxy) is 2. The molecule has 3 aromatic rings. The zero-order valence-electron chi connectivity index (χ0n) is 19.4. The second kappa shape index (κ2) is 10.5. The molecule has 2 fully saturated rings. The Morgan fingerprint density at radius 1 is 1.14 bits per heavy atom. The van der Waals surface area contributed by atoms with Crippen LogP contribution in [0.3, 0.4) is 0 Å². The van der Waals surface area contributed by atoms with Crippen molar-refractivity contribution in [3.63, 3.8) is 0 Å². The first kappa shape index (κ1) is 23.4. The highest BCUT2D eigenvalue weighted by Crippen LogP contribution is 2.34. The van der Waals surface area contributed by atoms with E-state index in [1.54, 1.807) is 12.1 Å². The van der Waals surface area contributed by atoms with Gasteiger partial charge in [-0.2, -0.15) is 5.26 Å². The fourth-order valence-corrected chi connectivity index (χ4v) is 4.97. The molecule has 3 heterocycles. The highest BCUT2D eigenvalue weighted by atomic mass is 32.1. The minimum absolute atomic E-state index is 0.0312. The van der Waals surface area contributed by atoms with Crippen molar-refractivity contribution in [1.29, 1.82) is 5.26 Å². The zero-order chi connectivity index (χ0) is 24.2. The molecular formula is C25H28N7O2S+. The number of quaternary nitrogens is 1. The van der Waals surface area contributed by atoms with Crippen LogP contribution in [0.2, 0.25) is 0 Å². The van der Waals surface area contributed by atoms with Gasteiger partial charge in [0.1, 0.15) is 37.0 Å². The van der Waals surface area contributed by atoms with Crippen LogP contribution in [0, 0.1) is 11.3 Å². The van der Waals surface area contributed by atoms with E-state index in [1.165, 1.54) is 10.5 Å². The maximum absolute atomic E-state index is 9.08. The van der Waals surface area contributed by atoms with E-state index in [-0.39, 0.29) is 24.3 Å². The summed E-state index contributed by atoms with van der Waals surface area (Å²) in [6, 6.07) is 19.7. The van der Waals surface area contributed by atoms with Crippen LogP contribution < -0.4 is 15.5 Å². The fourth-order valence-electron chi connectivity index (χ4n) is 4.70. The molecule has 5 atom stereocenters. The smallest absolute Gasteiger partial charge is 0.171 e. The third-order valence-corrected chi connectivity index (χ3v) is 6.54. The third kappa shape index (κ3) is 5.49. The predicted molar refractivity (Wildman–Crippen MR) is 134 cm³/mol. The van der Waals surface area contributed by atoms with Gasteiger partial charge in [-0.1, -0.05) is 41.6 Å². The van der Waals surface area contributed by atoms with E-state index >= 15 is 0 Å². The van der Waals surface area contributed by atoms with Crippen molar-refractivity contribution in [1.82, 2.24) is 20.3 Å². The second-order valence-corrected chi connectivity index (χ2v) is 9.46. The SMILES string of the molecule is C[NH+](Cc1ccccc1)Cc1cn([C@H]2CO[C@H]3[C@@H]2OC[C@@H]3NC(=S)Nc2cccc(C#N)c2)nn1. The maximum Gasteiger partial charge on any atom is 0.171 e. The summed E-state index contributed by atoms with van der Waals surface area (Å²) >= 11 is 5.48. The molecule has 10 heteroatoms. The van der Waals surface area contributed by atoms with Crippen molar-refractivity contribution in [2.75, 3.05) is 25.6 Å². The number of nitrogens with zero attached hydrogens (tertiary/aromatic N) is 4. The van der Waals surface area contributed by atoms with Gasteiger partial charge in [0.25, 0.3) is 0 Å². The Morgan fingerprint density at radius 3 is 2.80 bits per heavy atom. The number of benzene rings is 2. The first-order valence-corrected chi connectivity index (χ1v) is 12.1. The lowest BCUT2D eigenvalue weighted by atomic mass is 10.1. The van der Waals surface area contributed by atoms with Crippen molar-refractivity contribution in [2.45, 2.75) is 37.4 Å². The van der Waals surface area contributed by atoms with Gasteiger partial charge in [0.2, 0.25) is 0 Å². The van der Waals surface area contributed by atoms with E-state index in [0.717, 1.165) is 24.5 Å². The van der Waals surface area contributed by atoms with Crippen LogP contribution in [-0.4, -0.2) is 58.6 Å². The molecule has 2 aliphatic heterocycles. The van der Waals surface area contributed by atoms with Crippen LogP contribution in [-0.2, 0) is 22.6 Å². The summed E-state index contributed by atoms with van der Waals surface area (Å²) in [7, 11) is 2.16. The number of aromatic nitrogens is 3. The number of anilines is 1. The van der Waals surface area contributed by atoms with E-state index in [1.807, 2.05) is 29.1 Å².